The van der Waals surface area contributed by atoms with Crippen LogP contribution in [0.5, 0.6) is 5.19 Å². The minimum absolute atomic E-state index is 0.0313. The molecule has 0 fully saturated rings. The lowest BCUT2D eigenvalue weighted by atomic mass is 10.6. The van der Waals surface area contributed by atoms with Crippen molar-refractivity contribution in [2.45, 2.75) is 6.18 Å². The highest BCUT2D eigenvalue weighted by molar-refractivity contribution is 7.14. The average Bonchev–Trinajstić information content (AvgIpc) is 2.42. The van der Waals surface area contributed by atoms with Crippen LogP contribution in [0.2, 0.25) is 5.15 Å². The molecule has 0 unspecified atom stereocenters. The van der Waals surface area contributed by atoms with Crippen LogP contribution in [0.25, 0.3) is 0 Å². The van der Waals surface area contributed by atoms with E-state index in [4.69, 9.17) is 16.9 Å². The summed E-state index contributed by atoms with van der Waals surface area (Å²) in [6.07, 6.45) is -4.43. The molecule has 8 heteroatoms. The average molecular weight is 243 g/mol. The molecule has 76 valence electrons. The Labute approximate surface area is 85.7 Å². The molecule has 0 amide bonds. The predicted molar refractivity (Wildman–Crippen MR) is 43.4 cm³/mol. The van der Waals surface area contributed by atoms with Gasteiger partial charge >= 0.3 is 6.18 Å². The SMILES string of the molecule is N#Cc1sc(OCC(F)(F)F)nc1Cl. The van der Waals surface area contributed by atoms with Gasteiger partial charge in [-0.1, -0.05) is 22.9 Å². The van der Waals surface area contributed by atoms with E-state index in [-0.39, 0.29) is 15.2 Å². The third-order valence-electron chi connectivity index (χ3n) is 1.03. The third-order valence-corrected chi connectivity index (χ3v) is 2.29. The Hall–Kier alpha value is -1.00. The fourth-order valence-corrected chi connectivity index (χ4v) is 1.45. The number of alkyl halides is 3. The number of ether oxygens (including phenoxy) is 1. The molecule has 0 radical (unpaired) electrons. The second kappa shape index (κ2) is 4.02. The van der Waals surface area contributed by atoms with Crippen LogP contribution < -0.4 is 4.74 Å². The van der Waals surface area contributed by atoms with E-state index >= 15 is 0 Å². The molecule has 0 aromatic carbocycles. The van der Waals surface area contributed by atoms with Crippen molar-refractivity contribution in [3.63, 3.8) is 0 Å². The van der Waals surface area contributed by atoms with Crippen LogP contribution in [0.4, 0.5) is 13.2 Å². The van der Waals surface area contributed by atoms with E-state index in [1.165, 1.54) is 0 Å². The van der Waals surface area contributed by atoms with Gasteiger partial charge in [0.05, 0.1) is 0 Å². The second-order valence-corrected chi connectivity index (χ2v) is 3.43. The molecule has 0 aliphatic heterocycles. The van der Waals surface area contributed by atoms with Gasteiger partial charge < -0.3 is 4.74 Å². The molecule has 3 nitrogen and oxygen atoms in total. The molecule has 1 aromatic rings. The summed E-state index contributed by atoms with van der Waals surface area (Å²) in [7, 11) is 0. The summed E-state index contributed by atoms with van der Waals surface area (Å²) in [4.78, 5) is 3.46. The Morgan fingerprint density at radius 2 is 2.21 bits per heavy atom. The van der Waals surface area contributed by atoms with Crippen LogP contribution in [0.1, 0.15) is 4.88 Å². The van der Waals surface area contributed by atoms with E-state index in [9.17, 15) is 13.2 Å². The molecule has 0 saturated heterocycles. The zero-order valence-electron chi connectivity index (χ0n) is 6.43. The minimum Gasteiger partial charge on any atom is -0.460 e. The first-order chi connectivity index (χ1) is 6.42. The largest absolute Gasteiger partial charge is 0.460 e. The Balaban J connectivity index is 2.66. The number of halogens is 4. The van der Waals surface area contributed by atoms with Gasteiger partial charge in [0.25, 0.3) is 5.19 Å². The molecule has 14 heavy (non-hydrogen) atoms. The summed E-state index contributed by atoms with van der Waals surface area (Å²) >= 11 is 6.08. The quantitative estimate of drug-likeness (QED) is 0.801. The topological polar surface area (TPSA) is 45.9 Å². The van der Waals surface area contributed by atoms with E-state index in [1.54, 1.807) is 6.07 Å². The van der Waals surface area contributed by atoms with Crippen molar-refractivity contribution in [1.29, 1.82) is 5.26 Å². The molecule has 1 aromatic heterocycles. The van der Waals surface area contributed by atoms with Crippen molar-refractivity contribution < 1.29 is 17.9 Å². The lowest BCUT2D eigenvalue weighted by Gasteiger charge is -2.04. The first-order valence-corrected chi connectivity index (χ1v) is 4.38. The normalized spacial score (nSPS) is 11.1. The molecular formula is C6H2ClF3N2OS. The van der Waals surface area contributed by atoms with Gasteiger partial charge in [-0.15, -0.1) is 0 Å². The predicted octanol–water partition coefficient (Wildman–Crippen LogP) is 2.61. The standard InChI is InChI=1S/C6H2ClF3N2OS/c7-4-3(1-11)14-5(12-4)13-2-6(8,9)10/h2H2. The van der Waals surface area contributed by atoms with Crippen LogP contribution in [0, 0.1) is 11.3 Å². The van der Waals surface area contributed by atoms with Crippen LogP contribution in [0.15, 0.2) is 0 Å². The fraction of sp³-hybridized carbons (Fsp3) is 0.333. The Morgan fingerprint density at radius 1 is 1.57 bits per heavy atom. The van der Waals surface area contributed by atoms with Crippen LogP contribution >= 0.6 is 22.9 Å². The Bertz CT molecular complexity index is 370. The van der Waals surface area contributed by atoms with Crippen molar-refractivity contribution in [2.24, 2.45) is 0 Å². The lowest BCUT2D eigenvalue weighted by molar-refractivity contribution is -0.153. The summed E-state index contributed by atoms with van der Waals surface area (Å²) in [5.41, 5.74) is 0. The van der Waals surface area contributed by atoms with E-state index in [2.05, 4.69) is 9.72 Å². The number of nitrogens with zero attached hydrogens (tertiary/aromatic N) is 2. The molecule has 0 bridgehead atoms. The zero-order chi connectivity index (χ0) is 10.8. The Kier molecular flexibility index (Phi) is 3.18. The lowest BCUT2D eigenvalue weighted by Crippen LogP contribution is -2.19. The highest BCUT2D eigenvalue weighted by Gasteiger charge is 2.29. The van der Waals surface area contributed by atoms with Gasteiger partial charge in [-0.3, -0.25) is 0 Å². The minimum atomic E-state index is -4.43. The van der Waals surface area contributed by atoms with Crippen LogP contribution in [-0.4, -0.2) is 17.8 Å². The smallest absolute Gasteiger partial charge is 0.422 e. The number of thiazole rings is 1. The first kappa shape index (κ1) is 11.1. The maximum atomic E-state index is 11.7. The van der Waals surface area contributed by atoms with Crippen LogP contribution in [-0.2, 0) is 0 Å². The molecule has 0 saturated carbocycles. The summed E-state index contributed by atoms with van der Waals surface area (Å²) in [5, 5.41) is 8.01. The maximum absolute atomic E-state index is 11.7. The first-order valence-electron chi connectivity index (χ1n) is 3.18. The molecule has 0 atom stereocenters. The van der Waals surface area contributed by atoms with E-state index < -0.39 is 12.8 Å². The van der Waals surface area contributed by atoms with Gasteiger partial charge in [0, 0.05) is 0 Å². The summed E-state index contributed by atoms with van der Waals surface area (Å²) in [5.74, 6) is 0. The maximum Gasteiger partial charge on any atom is 0.422 e. The number of rotatable bonds is 2. The van der Waals surface area contributed by atoms with Crippen molar-refractivity contribution in [3.05, 3.63) is 10.0 Å². The molecule has 1 heterocycles. The third kappa shape index (κ3) is 3.05. The fourth-order valence-electron chi connectivity index (χ4n) is 0.557. The van der Waals surface area contributed by atoms with Gasteiger partial charge in [0.2, 0.25) is 0 Å². The van der Waals surface area contributed by atoms with E-state index in [0.717, 1.165) is 0 Å². The number of aromatic nitrogens is 1. The molecule has 0 N–H and O–H groups in total. The second-order valence-electron chi connectivity index (χ2n) is 2.12. The molecule has 0 aliphatic carbocycles. The van der Waals surface area contributed by atoms with Crippen molar-refractivity contribution in [2.75, 3.05) is 6.61 Å². The summed E-state index contributed by atoms with van der Waals surface area (Å²) < 4.78 is 39.3. The van der Waals surface area contributed by atoms with Crippen molar-refractivity contribution in [3.8, 4) is 11.3 Å². The van der Waals surface area contributed by atoms with Crippen LogP contribution in [0.3, 0.4) is 0 Å². The zero-order valence-corrected chi connectivity index (χ0v) is 8.00. The molecule has 0 spiro atoms. The molecule has 0 aliphatic rings. The van der Waals surface area contributed by atoms with Gasteiger partial charge in [-0.25, -0.2) is 0 Å². The number of nitriles is 1. The number of hydrogen-bond donors (Lipinski definition) is 0. The highest BCUT2D eigenvalue weighted by atomic mass is 35.5. The van der Waals surface area contributed by atoms with Crippen molar-refractivity contribution in [1.82, 2.24) is 4.98 Å². The van der Waals surface area contributed by atoms with E-state index in [0.29, 0.717) is 11.3 Å². The summed E-state index contributed by atoms with van der Waals surface area (Å²) in [6.45, 7) is -1.44. The van der Waals surface area contributed by atoms with Crippen molar-refractivity contribution >= 4 is 22.9 Å². The molecular weight excluding hydrogens is 241 g/mol. The van der Waals surface area contributed by atoms with Gasteiger partial charge in [0.15, 0.2) is 11.8 Å². The van der Waals surface area contributed by atoms with Gasteiger partial charge in [0.1, 0.15) is 10.9 Å². The number of hydrogen-bond acceptors (Lipinski definition) is 4. The molecule has 1 rings (SSSR count). The highest BCUT2D eigenvalue weighted by Crippen LogP contribution is 2.28. The van der Waals surface area contributed by atoms with Gasteiger partial charge in [-0.2, -0.15) is 23.4 Å². The monoisotopic (exact) mass is 242 g/mol. The van der Waals surface area contributed by atoms with Gasteiger partial charge in [-0.05, 0) is 0 Å². The Morgan fingerprint density at radius 3 is 2.64 bits per heavy atom. The van der Waals surface area contributed by atoms with E-state index in [1.807, 2.05) is 0 Å². The summed E-state index contributed by atoms with van der Waals surface area (Å²) in [6, 6.07) is 1.68.